The molecule has 0 fully saturated rings. The molecule has 2 aromatic rings. The molecule has 0 unspecified atom stereocenters. The summed E-state index contributed by atoms with van der Waals surface area (Å²) >= 11 is 1.57. The highest BCUT2D eigenvalue weighted by atomic mass is 32.1. The highest BCUT2D eigenvalue weighted by Gasteiger charge is 2.15. The predicted octanol–water partition coefficient (Wildman–Crippen LogP) is 3.68. The van der Waals surface area contributed by atoms with Crippen LogP contribution in [0.4, 0.5) is 15.2 Å². The molecule has 0 spiro atoms. The Morgan fingerprint density at radius 2 is 1.86 bits per heavy atom. The zero-order valence-corrected chi connectivity index (χ0v) is 13.9. The summed E-state index contributed by atoms with van der Waals surface area (Å²) in [5.74, 6) is -0.409. The molecule has 0 radical (unpaired) electrons. The Kier molecular flexibility index (Phi) is 5.49. The maximum absolute atomic E-state index is 13.0. The maximum Gasteiger partial charge on any atom is 0.224 e. The Morgan fingerprint density at radius 1 is 1.23 bits per heavy atom. The van der Waals surface area contributed by atoms with E-state index < -0.39 is 0 Å². The molecular weight excluding hydrogens is 301 g/mol. The van der Waals surface area contributed by atoms with Gasteiger partial charge in [-0.15, -0.1) is 11.3 Å². The topological polar surface area (TPSA) is 36.4 Å². The minimum Gasteiger partial charge on any atom is -0.349 e. The zero-order chi connectivity index (χ0) is 16.1. The van der Waals surface area contributed by atoms with Crippen molar-refractivity contribution in [3.05, 3.63) is 41.2 Å². The molecule has 1 heterocycles. The standard InChI is InChI=1S/C16H20FN3OS/c1-4-19(5-2)16-18-14(11-22-16)10-20(12(3)21)15-8-6-13(17)7-9-15/h6-9,11H,4-5,10H2,1-3H3. The number of halogens is 1. The fraction of sp³-hybridized carbons (Fsp3) is 0.375. The lowest BCUT2D eigenvalue weighted by Crippen LogP contribution is -2.28. The first-order valence-corrected chi connectivity index (χ1v) is 8.16. The van der Waals surface area contributed by atoms with Crippen LogP contribution in [0, 0.1) is 5.82 Å². The fourth-order valence-corrected chi connectivity index (χ4v) is 3.12. The Hall–Kier alpha value is -1.95. The van der Waals surface area contributed by atoms with Gasteiger partial charge in [-0.05, 0) is 38.1 Å². The number of thiazole rings is 1. The number of benzene rings is 1. The number of aromatic nitrogens is 1. The molecule has 1 aromatic carbocycles. The molecule has 1 amide bonds. The minimum atomic E-state index is -0.315. The van der Waals surface area contributed by atoms with Crippen LogP contribution >= 0.6 is 11.3 Å². The van der Waals surface area contributed by atoms with Crippen LogP contribution in [0.25, 0.3) is 0 Å². The van der Waals surface area contributed by atoms with Crippen molar-refractivity contribution in [3.8, 4) is 0 Å². The van der Waals surface area contributed by atoms with Crippen LogP contribution in [0.3, 0.4) is 0 Å². The molecule has 22 heavy (non-hydrogen) atoms. The van der Waals surface area contributed by atoms with Gasteiger partial charge in [0, 0.05) is 31.1 Å². The SMILES string of the molecule is CCN(CC)c1nc(CN(C(C)=O)c2ccc(F)cc2)cs1. The second-order valence-electron chi connectivity index (χ2n) is 4.88. The van der Waals surface area contributed by atoms with Crippen molar-refractivity contribution in [2.45, 2.75) is 27.3 Å². The molecule has 0 bridgehead atoms. The van der Waals surface area contributed by atoms with Gasteiger partial charge in [0.2, 0.25) is 5.91 Å². The molecule has 0 aliphatic rings. The normalized spacial score (nSPS) is 10.5. The summed E-state index contributed by atoms with van der Waals surface area (Å²) in [6.45, 7) is 7.87. The van der Waals surface area contributed by atoms with Gasteiger partial charge in [0.05, 0.1) is 12.2 Å². The van der Waals surface area contributed by atoms with E-state index in [1.54, 1.807) is 28.4 Å². The Bertz CT molecular complexity index is 623. The van der Waals surface area contributed by atoms with Crippen molar-refractivity contribution in [2.75, 3.05) is 22.9 Å². The molecule has 6 heteroatoms. The summed E-state index contributed by atoms with van der Waals surface area (Å²) in [5.41, 5.74) is 1.51. The second kappa shape index (κ2) is 7.35. The minimum absolute atomic E-state index is 0.0935. The lowest BCUT2D eigenvalue weighted by Gasteiger charge is -2.20. The van der Waals surface area contributed by atoms with E-state index in [2.05, 4.69) is 23.7 Å². The third kappa shape index (κ3) is 3.82. The van der Waals surface area contributed by atoms with Crippen LogP contribution in [0.15, 0.2) is 29.6 Å². The lowest BCUT2D eigenvalue weighted by molar-refractivity contribution is -0.116. The van der Waals surface area contributed by atoms with E-state index in [1.807, 2.05) is 5.38 Å². The van der Waals surface area contributed by atoms with Crippen LogP contribution in [0.2, 0.25) is 0 Å². The number of carbonyl (C=O) groups excluding carboxylic acids is 1. The summed E-state index contributed by atoms with van der Waals surface area (Å²) in [7, 11) is 0. The van der Waals surface area contributed by atoms with E-state index in [0.29, 0.717) is 12.2 Å². The monoisotopic (exact) mass is 321 g/mol. The van der Waals surface area contributed by atoms with Gasteiger partial charge >= 0.3 is 0 Å². The first-order valence-electron chi connectivity index (χ1n) is 7.28. The molecule has 2 rings (SSSR count). The summed E-state index contributed by atoms with van der Waals surface area (Å²) in [6, 6.07) is 5.92. The van der Waals surface area contributed by atoms with Gasteiger partial charge in [0.15, 0.2) is 5.13 Å². The van der Waals surface area contributed by atoms with Crippen LogP contribution in [-0.2, 0) is 11.3 Å². The van der Waals surface area contributed by atoms with Crippen LogP contribution in [-0.4, -0.2) is 24.0 Å². The van der Waals surface area contributed by atoms with Crippen LogP contribution in [0.1, 0.15) is 26.5 Å². The molecule has 0 saturated carbocycles. The van der Waals surface area contributed by atoms with Crippen molar-refractivity contribution in [1.82, 2.24) is 4.98 Å². The largest absolute Gasteiger partial charge is 0.349 e. The van der Waals surface area contributed by atoms with Crippen molar-refractivity contribution in [3.63, 3.8) is 0 Å². The number of amides is 1. The fourth-order valence-electron chi connectivity index (χ4n) is 2.18. The van der Waals surface area contributed by atoms with Gasteiger partial charge in [0.25, 0.3) is 0 Å². The molecule has 4 nitrogen and oxygen atoms in total. The summed E-state index contributed by atoms with van der Waals surface area (Å²) in [5, 5.41) is 2.93. The van der Waals surface area contributed by atoms with E-state index in [9.17, 15) is 9.18 Å². The number of carbonyl (C=O) groups is 1. The van der Waals surface area contributed by atoms with Gasteiger partial charge in [-0.3, -0.25) is 4.79 Å². The Labute approximate surface area is 134 Å². The van der Waals surface area contributed by atoms with Gasteiger partial charge in [0.1, 0.15) is 5.82 Å². The number of anilines is 2. The quantitative estimate of drug-likeness (QED) is 0.814. The van der Waals surface area contributed by atoms with E-state index in [-0.39, 0.29) is 11.7 Å². The molecule has 1 aromatic heterocycles. The predicted molar refractivity (Wildman–Crippen MR) is 88.9 cm³/mol. The smallest absolute Gasteiger partial charge is 0.224 e. The number of hydrogen-bond acceptors (Lipinski definition) is 4. The summed E-state index contributed by atoms with van der Waals surface area (Å²) in [4.78, 5) is 20.2. The van der Waals surface area contributed by atoms with E-state index >= 15 is 0 Å². The van der Waals surface area contributed by atoms with Gasteiger partial charge < -0.3 is 9.80 Å². The third-order valence-electron chi connectivity index (χ3n) is 3.41. The van der Waals surface area contributed by atoms with Crippen molar-refractivity contribution in [2.24, 2.45) is 0 Å². The van der Waals surface area contributed by atoms with Crippen molar-refractivity contribution >= 4 is 28.1 Å². The summed E-state index contributed by atoms with van der Waals surface area (Å²) in [6.07, 6.45) is 0. The number of rotatable bonds is 6. The lowest BCUT2D eigenvalue weighted by atomic mass is 10.2. The Morgan fingerprint density at radius 3 is 2.41 bits per heavy atom. The van der Waals surface area contributed by atoms with Crippen LogP contribution in [0.5, 0.6) is 0 Å². The van der Waals surface area contributed by atoms with Crippen molar-refractivity contribution < 1.29 is 9.18 Å². The number of hydrogen-bond donors (Lipinski definition) is 0. The first-order chi connectivity index (χ1) is 10.5. The third-order valence-corrected chi connectivity index (χ3v) is 4.36. The molecule has 118 valence electrons. The van der Waals surface area contributed by atoms with Gasteiger partial charge in [-0.25, -0.2) is 9.37 Å². The van der Waals surface area contributed by atoms with Gasteiger partial charge in [-0.2, -0.15) is 0 Å². The molecule has 0 N–H and O–H groups in total. The maximum atomic E-state index is 13.0. The zero-order valence-electron chi connectivity index (χ0n) is 13.0. The molecule has 0 saturated heterocycles. The number of nitrogens with zero attached hydrogens (tertiary/aromatic N) is 3. The average Bonchev–Trinajstić information content (AvgIpc) is 2.95. The molecule has 0 atom stereocenters. The van der Waals surface area contributed by atoms with E-state index in [1.165, 1.54) is 19.1 Å². The summed E-state index contributed by atoms with van der Waals surface area (Å²) < 4.78 is 13.0. The first kappa shape index (κ1) is 16.4. The molecule has 0 aliphatic heterocycles. The van der Waals surface area contributed by atoms with Gasteiger partial charge in [-0.1, -0.05) is 0 Å². The molecule has 0 aliphatic carbocycles. The average molecular weight is 321 g/mol. The van der Waals surface area contributed by atoms with Crippen molar-refractivity contribution in [1.29, 1.82) is 0 Å². The van der Waals surface area contributed by atoms with E-state index in [4.69, 9.17) is 0 Å². The Balaban J connectivity index is 2.18. The van der Waals surface area contributed by atoms with E-state index in [0.717, 1.165) is 23.9 Å². The highest BCUT2D eigenvalue weighted by Crippen LogP contribution is 2.23. The molecular formula is C16H20FN3OS. The van der Waals surface area contributed by atoms with Crippen LogP contribution < -0.4 is 9.80 Å². The highest BCUT2D eigenvalue weighted by molar-refractivity contribution is 7.13. The second-order valence-corrected chi connectivity index (χ2v) is 5.71.